The average Bonchev–Trinajstić information content (AvgIpc) is 2.16. The summed E-state index contributed by atoms with van der Waals surface area (Å²) in [4.78, 5) is 0. The maximum absolute atomic E-state index is 9.42. The Morgan fingerprint density at radius 2 is 1.62 bits per heavy atom. The number of phenols is 1. The van der Waals surface area contributed by atoms with Crippen molar-refractivity contribution in [1.82, 2.24) is 0 Å². The van der Waals surface area contributed by atoms with Crippen molar-refractivity contribution in [2.75, 3.05) is 7.11 Å². The van der Waals surface area contributed by atoms with Crippen LogP contribution >= 0.6 is 0 Å². The van der Waals surface area contributed by atoms with E-state index in [0.717, 1.165) is 29.7 Å². The highest BCUT2D eigenvalue weighted by Crippen LogP contribution is 2.29. The standard InChI is InChI=1S/C11H16O2/c1-4-8-6-10(12)7-9(5-2)11(8)13-3/h6-7,12H,4-5H2,1-3H3. The molecule has 1 aromatic rings. The molecule has 0 bridgehead atoms. The van der Waals surface area contributed by atoms with Crippen LogP contribution in [0, 0.1) is 0 Å². The monoisotopic (exact) mass is 180 g/mol. The van der Waals surface area contributed by atoms with Crippen LogP contribution in [0.1, 0.15) is 25.0 Å². The Labute approximate surface area is 79.2 Å². The van der Waals surface area contributed by atoms with Gasteiger partial charge in [0.2, 0.25) is 0 Å². The van der Waals surface area contributed by atoms with E-state index in [1.54, 1.807) is 19.2 Å². The van der Waals surface area contributed by atoms with Crippen LogP contribution in [-0.4, -0.2) is 12.2 Å². The smallest absolute Gasteiger partial charge is 0.125 e. The summed E-state index contributed by atoms with van der Waals surface area (Å²) in [7, 11) is 1.67. The van der Waals surface area contributed by atoms with Gasteiger partial charge >= 0.3 is 0 Å². The summed E-state index contributed by atoms with van der Waals surface area (Å²) in [5.41, 5.74) is 2.14. The van der Waals surface area contributed by atoms with E-state index < -0.39 is 0 Å². The van der Waals surface area contributed by atoms with Crippen LogP contribution in [0.4, 0.5) is 0 Å². The summed E-state index contributed by atoms with van der Waals surface area (Å²) in [5, 5.41) is 9.42. The second-order valence-electron chi connectivity index (χ2n) is 3.00. The van der Waals surface area contributed by atoms with Crippen LogP contribution in [0.25, 0.3) is 0 Å². The first-order valence-corrected chi connectivity index (χ1v) is 4.61. The molecule has 0 spiro atoms. The van der Waals surface area contributed by atoms with E-state index in [-0.39, 0.29) is 0 Å². The third kappa shape index (κ3) is 1.94. The molecule has 0 aromatic heterocycles. The van der Waals surface area contributed by atoms with Crippen LogP contribution < -0.4 is 4.74 Å². The number of aromatic hydroxyl groups is 1. The van der Waals surface area contributed by atoms with Crippen molar-refractivity contribution in [3.8, 4) is 11.5 Å². The fourth-order valence-corrected chi connectivity index (χ4v) is 1.52. The first kappa shape index (κ1) is 9.90. The third-order valence-electron chi connectivity index (χ3n) is 2.19. The molecule has 0 atom stereocenters. The van der Waals surface area contributed by atoms with Crippen molar-refractivity contribution in [2.45, 2.75) is 26.7 Å². The Hall–Kier alpha value is -1.18. The molecular weight excluding hydrogens is 164 g/mol. The van der Waals surface area contributed by atoms with Crippen LogP contribution in [0.5, 0.6) is 11.5 Å². The molecule has 0 heterocycles. The summed E-state index contributed by atoms with van der Waals surface area (Å²) in [6, 6.07) is 3.52. The van der Waals surface area contributed by atoms with E-state index in [4.69, 9.17) is 4.74 Å². The SMILES string of the molecule is CCc1cc(O)cc(CC)c1OC. The van der Waals surface area contributed by atoms with Crippen LogP contribution in [0.2, 0.25) is 0 Å². The number of benzene rings is 1. The van der Waals surface area contributed by atoms with Gasteiger partial charge in [0.25, 0.3) is 0 Å². The van der Waals surface area contributed by atoms with E-state index in [0.29, 0.717) is 5.75 Å². The summed E-state index contributed by atoms with van der Waals surface area (Å²) >= 11 is 0. The minimum atomic E-state index is 0.328. The third-order valence-corrected chi connectivity index (χ3v) is 2.19. The zero-order chi connectivity index (χ0) is 9.84. The Morgan fingerprint density at radius 3 is 1.92 bits per heavy atom. The maximum atomic E-state index is 9.42. The lowest BCUT2D eigenvalue weighted by molar-refractivity contribution is 0.402. The highest BCUT2D eigenvalue weighted by atomic mass is 16.5. The van der Waals surface area contributed by atoms with Gasteiger partial charge in [-0.15, -0.1) is 0 Å². The predicted molar refractivity (Wildman–Crippen MR) is 53.4 cm³/mol. The largest absolute Gasteiger partial charge is 0.508 e. The highest BCUT2D eigenvalue weighted by Gasteiger charge is 2.08. The number of ether oxygens (including phenoxy) is 1. The zero-order valence-corrected chi connectivity index (χ0v) is 8.42. The number of hydrogen-bond donors (Lipinski definition) is 1. The quantitative estimate of drug-likeness (QED) is 0.774. The summed E-state index contributed by atoms with van der Waals surface area (Å²) in [5.74, 6) is 1.25. The number of aryl methyl sites for hydroxylation is 2. The first-order valence-electron chi connectivity index (χ1n) is 4.61. The number of methoxy groups -OCH3 is 1. The Bertz CT molecular complexity index is 267. The number of hydrogen-bond acceptors (Lipinski definition) is 2. The first-order chi connectivity index (χ1) is 6.22. The molecule has 1 N–H and O–H groups in total. The van der Waals surface area contributed by atoms with Crippen LogP contribution in [0.3, 0.4) is 0 Å². The van der Waals surface area contributed by atoms with E-state index in [2.05, 4.69) is 13.8 Å². The molecule has 13 heavy (non-hydrogen) atoms. The Kier molecular flexibility index (Phi) is 3.18. The van der Waals surface area contributed by atoms with Crippen molar-refractivity contribution >= 4 is 0 Å². The topological polar surface area (TPSA) is 29.5 Å². The minimum absolute atomic E-state index is 0.328. The number of rotatable bonds is 3. The van der Waals surface area contributed by atoms with Gasteiger partial charge in [-0.1, -0.05) is 13.8 Å². The van der Waals surface area contributed by atoms with Gasteiger partial charge in [-0.25, -0.2) is 0 Å². The van der Waals surface area contributed by atoms with Gasteiger partial charge in [0.1, 0.15) is 11.5 Å². The maximum Gasteiger partial charge on any atom is 0.125 e. The van der Waals surface area contributed by atoms with Gasteiger partial charge < -0.3 is 9.84 Å². The lowest BCUT2D eigenvalue weighted by atomic mass is 10.0. The summed E-state index contributed by atoms with van der Waals surface area (Å²) in [6.07, 6.45) is 1.76. The van der Waals surface area contributed by atoms with Crippen molar-refractivity contribution in [3.63, 3.8) is 0 Å². The molecule has 0 amide bonds. The Balaban J connectivity index is 3.25. The van der Waals surface area contributed by atoms with Crippen molar-refractivity contribution in [3.05, 3.63) is 23.3 Å². The molecule has 1 aromatic carbocycles. The fraction of sp³-hybridized carbons (Fsp3) is 0.455. The summed E-state index contributed by atoms with van der Waals surface area (Å²) < 4.78 is 5.30. The van der Waals surface area contributed by atoms with E-state index >= 15 is 0 Å². The van der Waals surface area contributed by atoms with Gasteiger partial charge in [0.05, 0.1) is 7.11 Å². The minimum Gasteiger partial charge on any atom is -0.508 e. The molecule has 0 saturated heterocycles. The lowest BCUT2D eigenvalue weighted by Crippen LogP contribution is -1.95. The van der Waals surface area contributed by atoms with Crippen molar-refractivity contribution in [1.29, 1.82) is 0 Å². The van der Waals surface area contributed by atoms with Gasteiger partial charge in [-0.05, 0) is 36.1 Å². The Morgan fingerprint density at radius 1 is 1.15 bits per heavy atom. The molecule has 0 radical (unpaired) electrons. The van der Waals surface area contributed by atoms with Gasteiger partial charge in [0.15, 0.2) is 0 Å². The van der Waals surface area contributed by atoms with Crippen molar-refractivity contribution in [2.24, 2.45) is 0 Å². The molecule has 1 rings (SSSR count). The van der Waals surface area contributed by atoms with Gasteiger partial charge in [-0.3, -0.25) is 0 Å². The molecular formula is C11H16O2. The van der Waals surface area contributed by atoms with Crippen LogP contribution in [-0.2, 0) is 12.8 Å². The molecule has 0 aliphatic carbocycles. The highest BCUT2D eigenvalue weighted by molar-refractivity contribution is 5.46. The van der Waals surface area contributed by atoms with Gasteiger partial charge in [-0.2, -0.15) is 0 Å². The normalized spacial score (nSPS) is 10.1. The second-order valence-corrected chi connectivity index (χ2v) is 3.00. The number of phenolic OH excluding ortho intramolecular Hbond substituents is 1. The lowest BCUT2D eigenvalue weighted by Gasteiger charge is -2.11. The average molecular weight is 180 g/mol. The second kappa shape index (κ2) is 4.17. The molecule has 0 saturated carbocycles. The van der Waals surface area contributed by atoms with E-state index in [1.165, 1.54) is 0 Å². The van der Waals surface area contributed by atoms with E-state index in [9.17, 15) is 5.11 Å². The molecule has 0 fully saturated rings. The molecule has 2 nitrogen and oxygen atoms in total. The molecule has 2 heteroatoms. The zero-order valence-electron chi connectivity index (χ0n) is 8.42. The molecule has 0 aliphatic heterocycles. The fourth-order valence-electron chi connectivity index (χ4n) is 1.52. The van der Waals surface area contributed by atoms with Crippen LogP contribution in [0.15, 0.2) is 12.1 Å². The summed E-state index contributed by atoms with van der Waals surface area (Å²) in [6.45, 7) is 4.10. The van der Waals surface area contributed by atoms with E-state index in [1.807, 2.05) is 0 Å². The molecule has 0 aliphatic rings. The van der Waals surface area contributed by atoms with Crippen molar-refractivity contribution < 1.29 is 9.84 Å². The molecule has 0 unspecified atom stereocenters. The molecule has 72 valence electrons. The van der Waals surface area contributed by atoms with Gasteiger partial charge in [0, 0.05) is 0 Å². The predicted octanol–water partition coefficient (Wildman–Crippen LogP) is 2.53.